The molecule has 2 aromatic heterocycles. The number of nitrogens with zero attached hydrogens (tertiary/aromatic N) is 3. The monoisotopic (exact) mass is 363 g/mol. The van der Waals surface area contributed by atoms with Crippen molar-refractivity contribution in [3.63, 3.8) is 0 Å². The van der Waals surface area contributed by atoms with E-state index in [1.807, 2.05) is 68.5 Å². The number of aromatic nitrogens is 3. The van der Waals surface area contributed by atoms with Gasteiger partial charge in [-0.15, -0.1) is 10.2 Å². The maximum atomic E-state index is 12.9. The highest BCUT2D eigenvalue weighted by Crippen LogP contribution is 2.19. The molecular formula is C20H17N3O2S. The van der Waals surface area contributed by atoms with Crippen molar-refractivity contribution in [2.24, 2.45) is 0 Å². The third-order valence-corrected chi connectivity index (χ3v) is 4.97. The van der Waals surface area contributed by atoms with Crippen molar-refractivity contribution in [2.75, 3.05) is 6.61 Å². The summed E-state index contributed by atoms with van der Waals surface area (Å²) >= 11 is 1.34. The molecule has 0 spiro atoms. The molecule has 2 heterocycles. The van der Waals surface area contributed by atoms with Crippen LogP contribution >= 0.6 is 11.3 Å². The Hall–Kier alpha value is -2.99. The fraction of sp³-hybridized carbons (Fsp3) is 0.150. The SMILES string of the molecule is CCOc1ccc(C=c2sc3nnc(-c4cccc(C)c4)n3c2=O)cc1. The van der Waals surface area contributed by atoms with Crippen LogP contribution in [0.25, 0.3) is 22.4 Å². The van der Waals surface area contributed by atoms with Gasteiger partial charge in [0.25, 0.3) is 5.56 Å². The first-order valence-electron chi connectivity index (χ1n) is 8.35. The number of hydrogen-bond acceptors (Lipinski definition) is 5. The Bertz CT molecular complexity index is 1180. The number of hydrogen-bond donors (Lipinski definition) is 0. The van der Waals surface area contributed by atoms with Gasteiger partial charge >= 0.3 is 0 Å². The van der Waals surface area contributed by atoms with Crippen LogP contribution in [0, 0.1) is 6.92 Å². The summed E-state index contributed by atoms with van der Waals surface area (Å²) in [5.74, 6) is 1.40. The van der Waals surface area contributed by atoms with Crippen LogP contribution < -0.4 is 14.8 Å². The van der Waals surface area contributed by atoms with Crippen molar-refractivity contribution in [1.82, 2.24) is 14.6 Å². The molecule has 5 nitrogen and oxygen atoms in total. The standard InChI is InChI=1S/C20H17N3O2S/c1-3-25-16-9-7-14(8-10-16)12-17-19(24)23-18(21-22-20(23)26-17)15-6-4-5-13(2)11-15/h4-12H,3H2,1-2H3. The van der Waals surface area contributed by atoms with E-state index in [-0.39, 0.29) is 5.56 Å². The van der Waals surface area contributed by atoms with Gasteiger partial charge in [-0.2, -0.15) is 0 Å². The molecule has 0 radical (unpaired) electrons. The molecule has 130 valence electrons. The third-order valence-electron chi connectivity index (χ3n) is 4.01. The predicted octanol–water partition coefficient (Wildman–Crippen LogP) is 3.07. The number of ether oxygens (including phenoxy) is 1. The molecule has 0 unspecified atom stereocenters. The highest BCUT2D eigenvalue weighted by molar-refractivity contribution is 7.15. The highest BCUT2D eigenvalue weighted by Gasteiger charge is 2.14. The summed E-state index contributed by atoms with van der Waals surface area (Å²) in [5.41, 5.74) is 2.85. The molecule has 0 fully saturated rings. The molecule has 26 heavy (non-hydrogen) atoms. The molecule has 0 aliphatic heterocycles. The largest absolute Gasteiger partial charge is 0.494 e. The highest BCUT2D eigenvalue weighted by atomic mass is 32.1. The minimum atomic E-state index is -0.0969. The second-order valence-electron chi connectivity index (χ2n) is 5.93. The average Bonchev–Trinajstić information content (AvgIpc) is 3.18. The van der Waals surface area contributed by atoms with Crippen LogP contribution in [0.1, 0.15) is 18.1 Å². The Kier molecular flexibility index (Phi) is 4.26. The summed E-state index contributed by atoms with van der Waals surface area (Å²) in [5, 5.41) is 8.38. The van der Waals surface area contributed by atoms with Gasteiger partial charge in [-0.05, 0) is 43.7 Å². The normalized spacial score (nSPS) is 12.0. The maximum absolute atomic E-state index is 12.9. The molecule has 0 atom stereocenters. The van der Waals surface area contributed by atoms with Crippen molar-refractivity contribution in [1.29, 1.82) is 0 Å². The summed E-state index contributed by atoms with van der Waals surface area (Å²) < 4.78 is 7.66. The molecule has 4 aromatic rings. The van der Waals surface area contributed by atoms with Gasteiger partial charge in [0.2, 0.25) is 4.96 Å². The molecule has 0 N–H and O–H groups in total. The van der Waals surface area contributed by atoms with E-state index in [4.69, 9.17) is 4.74 Å². The molecular weight excluding hydrogens is 346 g/mol. The Labute approximate surface area is 154 Å². The molecule has 0 aliphatic rings. The zero-order chi connectivity index (χ0) is 18.1. The number of thiazole rings is 1. The first kappa shape index (κ1) is 16.5. The third kappa shape index (κ3) is 2.99. The van der Waals surface area contributed by atoms with Gasteiger partial charge in [0.1, 0.15) is 5.75 Å². The summed E-state index contributed by atoms with van der Waals surface area (Å²) in [7, 11) is 0. The molecule has 0 saturated heterocycles. The minimum absolute atomic E-state index is 0.0969. The molecule has 0 amide bonds. The van der Waals surface area contributed by atoms with E-state index in [0.29, 0.717) is 21.9 Å². The summed E-state index contributed by atoms with van der Waals surface area (Å²) in [6, 6.07) is 15.6. The van der Waals surface area contributed by atoms with Crippen molar-refractivity contribution in [2.45, 2.75) is 13.8 Å². The van der Waals surface area contributed by atoms with Crippen LogP contribution in [0.3, 0.4) is 0 Å². The van der Waals surface area contributed by atoms with Crippen LogP contribution in [0.4, 0.5) is 0 Å². The fourth-order valence-corrected chi connectivity index (χ4v) is 3.72. The number of fused-ring (bicyclic) bond motifs is 1. The van der Waals surface area contributed by atoms with Crippen LogP contribution in [-0.2, 0) is 0 Å². The van der Waals surface area contributed by atoms with E-state index in [9.17, 15) is 4.79 Å². The zero-order valence-corrected chi connectivity index (χ0v) is 15.3. The lowest BCUT2D eigenvalue weighted by atomic mass is 10.1. The summed E-state index contributed by atoms with van der Waals surface area (Å²) in [6.07, 6.45) is 1.87. The van der Waals surface area contributed by atoms with E-state index in [2.05, 4.69) is 10.2 Å². The van der Waals surface area contributed by atoms with Crippen LogP contribution in [0.2, 0.25) is 0 Å². The van der Waals surface area contributed by atoms with Gasteiger partial charge in [-0.1, -0.05) is 47.2 Å². The first-order valence-corrected chi connectivity index (χ1v) is 9.17. The number of aryl methyl sites for hydroxylation is 1. The predicted molar refractivity (Wildman–Crippen MR) is 104 cm³/mol. The van der Waals surface area contributed by atoms with E-state index in [0.717, 1.165) is 22.4 Å². The van der Waals surface area contributed by atoms with Crippen molar-refractivity contribution >= 4 is 22.4 Å². The second kappa shape index (κ2) is 6.72. The minimum Gasteiger partial charge on any atom is -0.494 e. The van der Waals surface area contributed by atoms with E-state index >= 15 is 0 Å². The van der Waals surface area contributed by atoms with Gasteiger partial charge < -0.3 is 4.74 Å². The maximum Gasteiger partial charge on any atom is 0.276 e. The Morgan fingerprint density at radius 2 is 1.96 bits per heavy atom. The summed E-state index contributed by atoms with van der Waals surface area (Å²) in [4.78, 5) is 13.5. The quantitative estimate of drug-likeness (QED) is 0.559. The van der Waals surface area contributed by atoms with Gasteiger partial charge in [-0.25, -0.2) is 4.40 Å². The fourth-order valence-electron chi connectivity index (χ4n) is 2.81. The average molecular weight is 363 g/mol. The molecule has 2 aromatic carbocycles. The lowest BCUT2D eigenvalue weighted by molar-refractivity contribution is 0.340. The number of rotatable bonds is 4. The van der Waals surface area contributed by atoms with Gasteiger partial charge in [0.15, 0.2) is 5.82 Å². The topological polar surface area (TPSA) is 56.5 Å². The summed E-state index contributed by atoms with van der Waals surface area (Å²) in [6.45, 7) is 4.59. The Balaban J connectivity index is 1.80. The molecule has 0 bridgehead atoms. The van der Waals surface area contributed by atoms with Crippen LogP contribution in [-0.4, -0.2) is 21.2 Å². The Morgan fingerprint density at radius 1 is 1.15 bits per heavy atom. The van der Waals surface area contributed by atoms with Gasteiger partial charge in [-0.3, -0.25) is 4.79 Å². The van der Waals surface area contributed by atoms with Gasteiger partial charge in [0, 0.05) is 5.56 Å². The van der Waals surface area contributed by atoms with Crippen molar-refractivity contribution in [3.8, 4) is 17.1 Å². The van der Waals surface area contributed by atoms with Crippen molar-refractivity contribution in [3.05, 3.63) is 74.5 Å². The lowest BCUT2D eigenvalue weighted by Crippen LogP contribution is -2.23. The Morgan fingerprint density at radius 3 is 2.69 bits per heavy atom. The number of benzene rings is 2. The van der Waals surface area contributed by atoms with E-state index in [1.54, 1.807) is 4.40 Å². The lowest BCUT2D eigenvalue weighted by Gasteiger charge is -2.01. The molecule has 6 heteroatoms. The van der Waals surface area contributed by atoms with Crippen LogP contribution in [0.15, 0.2) is 53.3 Å². The second-order valence-corrected chi connectivity index (χ2v) is 6.94. The van der Waals surface area contributed by atoms with E-state index in [1.165, 1.54) is 11.3 Å². The first-order chi connectivity index (χ1) is 12.7. The van der Waals surface area contributed by atoms with E-state index < -0.39 is 0 Å². The molecule has 4 rings (SSSR count). The van der Waals surface area contributed by atoms with Crippen molar-refractivity contribution < 1.29 is 4.74 Å². The van der Waals surface area contributed by atoms with Crippen LogP contribution in [0.5, 0.6) is 5.75 Å². The zero-order valence-electron chi connectivity index (χ0n) is 14.5. The smallest absolute Gasteiger partial charge is 0.276 e. The van der Waals surface area contributed by atoms with Gasteiger partial charge in [0.05, 0.1) is 11.1 Å². The molecule has 0 saturated carbocycles. The molecule has 0 aliphatic carbocycles.